The van der Waals surface area contributed by atoms with E-state index in [1.165, 1.54) is 25.0 Å². The molecule has 0 atom stereocenters. The van der Waals surface area contributed by atoms with Crippen molar-refractivity contribution in [1.82, 2.24) is 5.32 Å². The molecular formula is C16H24FNO. The van der Waals surface area contributed by atoms with Crippen molar-refractivity contribution in [2.45, 2.75) is 51.9 Å². The highest BCUT2D eigenvalue weighted by Crippen LogP contribution is 2.08. The molecule has 1 aromatic rings. The van der Waals surface area contributed by atoms with Gasteiger partial charge in [0, 0.05) is 13.0 Å². The first kappa shape index (κ1) is 15.7. The van der Waals surface area contributed by atoms with Gasteiger partial charge in [-0.2, -0.15) is 0 Å². The molecule has 1 amide bonds. The molecule has 3 heteroatoms. The summed E-state index contributed by atoms with van der Waals surface area (Å²) in [5, 5.41) is 2.94. The maximum absolute atomic E-state index is 12.7. The minimum absolute atomic E-state index is 0.148. The van der Waals surface area contributed by atoms with Crippen LogP contribution in [0.1, 0.15) is 51.0 Å². The first-order valence-corrected chi connectivity index (χ1v) is 7.23. The van der Waals surface area contributed by atoms with Crippen molar-refractivity contribution in [1.29, 1.82) is 0 Å². The number of rotatable bonds is 9. The Balaban J connectivity index is 2.03. The lowest BCUT2D eigenvalue weighted by Crippen LogP contribution is -2.23. The zero-order valence-electron chi connectivity index (χ0n) is 11.8. The van der Waals surface area contributed by atoms with Gasteiger partial charge in [-0.05, 0) is 43.4 Å². The van der Waals surface area contributed by atoms with Crippen molar-refractivity contribution < 1.29 is 9.18 Å². The predicted molar refractivity (Wildman–Crippen MR) is 76.5 cm³/mol. The Morgan fingerprint density at radius 1 is 1.11 bits per heavy atom. The van der Waals surface area contributed by atoms with Crippen molar-refractivity contribution in [3.05, 3.63) is 35.6 Å². The van der Waals surface area contributed by atoms with Gasteiger partial charge in [0.15, 0.2) is 0 Å². The van der Waals surface area contributed by atoms with Crippen LogP contribution in [-0.2, 0) is 11.2 Å². The number of halogens is 1. The third kappa shape index (κ3) is 7.60. The van der Waals surface area contributed by atoms with Crippen LogP contribution in [0, 0.1) is 5.82 Å². The van der Waals surface area contributed by atoms with Gasteiger partial charge in [0.2, 0.25) is 5.91 Å². The van der Waals surface area contributed by atoms with Crippen molar-refractivity contribution >= 4 is 5.91 Å². The number of nitrogens with one attached hydrogen (secondary N) is 1. The monoisotopic (exact) mass is 265 g/mol. The molecule has 19 heavy (non-hydrogen) atoms. The van der Waals surface area contributed by atoms with Crippen LogP contribution >= 0.6 is 0 Å². The Morgan fingerprint density at radius 3 is 2.53 bits per heavy atom. The smallest absolute Gasteiger partial charge is 0.219 e. The fourth-order valence-corrected chi connectivity index (χ4v) is 1.96. The van der Waals surface area contributed by atoms with E-state index in [0.717, 1.165) is 37.8 Å². The van der Waals surface area contributed by atoms with E-state index in [-0.39, 0.29) is 11.7 Å². The van der Waals surface area contributed by atoms with Gasteiger partial charge < -0.3 is 5.32 Å². The van der Waals surface area contributed by atoms with Crippen LogP contribution in [-0.4, -0.2) is 12.5 Å². The Kier molecular flexibility index (Phi) is 7.87. The highest BCUT2D eigenvalue weighted by molar-refractivity contribution is 5.75. The number of amides is 1. The van der Waals surface area contributed by atoms with Crippen LogP contribution in [0.2, 0.25) is 0 Å². The summed E-state index contributed by atoms with van der Waals surface area (Å²) in [5.41, 5.74) is 1.13. The Bertz CT molecular complexity index is 362. The molecule has 0 spiro atoms. The van der Waals surface area contributed by atoms with Crippen LogP contribution in [0.15, 0.2) is 24.3 Å². The maximum Gasteiger partial charge on any atom is 0.219 e. The largest absolute Gasteiger partial charge is 0.356 e. The van der Waals surface area contributed by atoms with Crippen LogP contribution in [0.5, 0.6) is 0 Å². The zero-order chi connectivity index (χ0) is 13.9. The van der Waals surface area contributed by atoms with Crippen molar-refractivity contribution in [2.75, 3.05) is 6.54 Å². The van der Waals surface area contributed by atoms with Crippen LogP contribution < -0.4 is 5.32 Å². The zero-order valence-corrected chi connectivity index (χ0v) is 11.8. The molecule has 0 heterocycles. The summed E-state index contributed by atoms with van der Waals surface area (Å²) in [7, 11) is 0. The first-order valence-electron chi connectivity index (χ1n) is 7.23. The van der Waals surface area contributed by atoms with Gasteiger partial charge in [-0.3, -0.25) is 4.79 Å². The molecule has 0 unspecified atom stereocenters. The molecule has 1 rings (SSSR count). The highest BCUT2D eigenvalue weighted by atomic mass is 19.1. The lowest BCUT2D eigenvalue weighted by atomic mass is 10.1. The Hall–Kier alpha value is -1.38. The summed E-state index contributed by atoms with van der Waals surface area (Å²) < 4.78 is 12.7. The van der Waals surface area contributed by atoms with Gasteiger partial charge in [-0.25, -0.2) is 4.39 Å². The topological polar surface area (TPSA) is 29.1 Å². The third-order valence-electron chi connectivity index (χ3n) is 3.14. The first-order chi connectivity index (χ1) is 9.22. The number of unbranched alkanes of at least 4 members (excludes halogenated alkanes) is 3. The molecule has 0 saturated carbocycles. The van der Waals surface area contributed by atoms with E-state index in [4.69, 9.17) is 0 Å². The molecule has 0 radical (unpaired) electrons. The lowest BCUT2D eigenvalue weighted by Gasteiger charge is -2.05. The van der Waals surface area contributed by atoms with E-state index in [1.807, 2.05) is 0 Å². The van der Waals surface area contributed by atoms with E-state index in [1.54, 1.807) is 12.1 Å². The van der Waals surface area contributed by atoms with Gasteiger partial charge in [-0.1, -0.05) is 31.9 Å². The van der Waals surface area contributed by atoms with Crippen LogP contribution in [0.25, 0.3) is 0 Å². The standard InChI is InChI=1S/C16H24FNO/c1-2-3-6-13-18-16(19)8-5-4-7-14-9-11-15(17)12-10-14/h9-12H,2-8,13H2,1H3,(H,18,19). The predicted octanol–water partition coefficient (Wildman–Crippen LogP) is 3.84. The molecule has 0 aliphatic carbocycles. The van der Waals surface area contributed by atoms with Crippen molar-refractivity contribution in [3.8, 4) is 0 Å². The van der Waals surface area contributed by atoms with E-state index >= 15 is 0 Å². The molecule has 0 aliphatic heterocycles. The van der Waals surface area contributed by atoms with Gasteiger partial charge in [0.25, 0.3) is 0 Å². The SMILES string of the molecule is CCCCCNC(=O)CCCCc1ccc(F)cc1. The number of aryl methyl sites for hydroxylation is 1. The van der Waals surface area contributed by atoms with E-state index in [0.29, 0.717) is 6.42 Å². The quantitative estimate of drug-likeness (QED) is 0.675. The van der Waals surface area contributed by atoms with Crippen molar-refractivity contribution in [2.24, 2.45) is 0 Å². The number of carbonyl (C=O) groups excluding carboxylic acids is 1. The summed E-state index contributed by atoms with van der Waals surface area (Å²) in [6.07, 6.45) is 6.76. The van der Waals surface area contributed by atoms with E-state index < -0.39 is 0 Å². The molecule has 1 aromatic carbocycles. The summed E-state index contributed by atoms with van der Waals surface area (Å²) in [6.45, 7) is 2.95. The van der Waals surface area contributed by atoms with E-state index in [2.05, 4.69) is 12.2 Å². The highest BCUT2D eigenvalue weighted by Gasteiger charge is 2.01. The second kappa shape index (κ2) is 9.54. The molecule has 0 fully saturated rings. The summed E-state index contributed by atoms with van der Waals surface area (Å²) in [5.74, 6) is -0.0505. The number of carbonyl (C=O) groups is 1. The minimum atomic E-state index is -0.199. The fourth-order valence-electron chi connectivity index (χ4n) is 1.96. The van der Waals surface area contributed by atoms with E-state index in [9.17, 15) is 9.18 Å². The molecule has 0 aromatic heterocycles. The molecule has 0 aliphatic rings. The molecule has 2 nitrogen and oxygen atoms in total. The van der Waals surface area contributed by atoms with Crippen LogP contribution in [0.4, 0.5) is 4.39 Å². The average Bonchev–Trinajstić information content (AvgIpc) is 2.42. The Morgan fingerprint density at radius 2 is 1.84 bits per heavy atom. The Labute approximate surface area is 115 Å². The molecule has 0 saturated heterocycles. The van der Waals surface area contributed by atoms with Gasteiger partial charge in [0.1, 0.15) is 5.82 Å². The van der Waals surface area contributed by atoms with Gasteiger partial charge in [0.05, 0.1) is 0 Å². The van der Waals surface area contributed by atoms with Crippen LogP contribution in [0.3, 0.4) is 0 Å². The average molecular weight is 265 g/mol. The molecular weight excluding hydrogens is 241 g/mol. The van der Waals surface area contributed by atoms with Gasteiger partial charge in [-0.15, -0.1) is 0 Å². The normalized spacial score (nSPS) is 10.4. The molecule has 0 bridgehead atoms. The fraction of sp³-hybridized carbons (Fsp3) is 0.562. The second-order valence-corrected chi connectivity index (χ2v) is 4.89. The minimum Gasteiger partial charge on any atom is -0.356 e. The number of benzene rings is 1. The summed E-state index contributed by atoms with van der Waals surface area (Å²) in [4.78, 5) is 11.5. The number of hydrogen-bond donors (Lipinski definition) is 1. The lowest BCUT2D eigenvalue weighted by molar-refractivity contribution is -0.121. The van der Waals surface area contributed by atoms with Crippen molar-refractivity contribution in [3.63, 3.8) is 0 Å². The maximum atomic E-state index is 12.7. The summed E-state index contributed by atoms with van der Waals surface area (Å²) in [6, 6.07) is 6.58. The number of hydrogen-bond acceptors (Lipinski definition) is 1. The third-order valence-corrected chi connectivity index (χ3v) is 3.14. The molecule has 106 valence electrons. The summed E-state index contributed by atoms with van der Waals surface area (Å²) >= 11 is 0. The van der Waals surface area contributed by atoms with Gasteiger partial charge >= 0.3 is 0 Å². The molecule has 1 N–H and O–H groups in total. The second-order valence-electron chi connectivity index (χ2n) is 4.89.